The van der Waals surface area contributed by atoms with Crippen LogP contribution in [0.25, 0.3) is 23.0 Å². The maximum Gasteiger partial charge on any atom is 0.231 e. The third-order valence-corrected chi connectivity index (χ3v) is 5.47. The van der Waals surface area contributed by atoms with Crippen molar-refractivity contribution in [2.45, 2.75) is 20.3 Å². The van der Waals surface area contributed by atoms with Gasteiger partial charge in [0, 0.05) is 17.3 Å². The maximum absolute atomic E-state index is 13.0. The number of ether oxygens (including phenoxy) is 2. The van der Waals surface area contributed by atoms with E-state index in [4.69, 9.17) is 14.6 Å². The number of Topliss-reactive ketones (excluding diaryl/α,β-unsaturated/α-hetero) is 1. The van der Waals surface area contributed by atoms with Gasteiger partial charge in [-0.05, 0) is 68.0 Å². The summed E-state index contributed by atoms with van der Waals surface area (Å²) in [5.74, 6) is 1.59. The SMILES string of the molecule is CCCOc1ccc(-c2nn(-c3ccccc3)cc2/C=C2\Oc3ccc(C)cc3C2=O)cc1. The van der Waals surface area contributed by atoms with Crippen LogP contribution >= 0.6 is 0 Å². The minimum atomic E-state index is -0.115. The molecule has 0 fully saturated rings. The highest BCUT2D eigenvalue weighted by molar-refractivity contribution is 6.14. The first-order chi connectivity index (χ1) is 16.1. The molecular weight excluding hydrogens is 412 g/mol. The highest BCUT2D eigenvalue weighted by Gasteiger charge is 2.28. The molecule has 0 atom stereocenters. The van der Waals surface area contributed by atoms with E-state index in [9.17, 15) is 4.79 Å². The summed E-state index contributed by atoms with van der Waals surface area (Å²) in [6, 6.07) is 23.4. The number of carbonyl (C=O) groups is 1. The van der Waals surface area contributed by atoms with E-state index in [1.807, 2.05) is 90.6 Å². The van der Waals surface area contributed by atoms with Gasteiger partial charge in [0.1, 0.15) is 17.2 Å². The van der Waals surface area contributed by atoms with Crippen LogP contribution in [0.5, 0.6) is 11.5 Å². The second kappa shape index (κ2) is 8.79. The molecule has 3 aromatic carbocycles. The zero-order valence-electron chi connectivity index (χ0n) is 18.6. The molecule has 0 aliphatic carbocycles. The summed E-state index contributed by atoms with van der Waals surface area (Å²) in [6.45, 7) is 4.72. The third-order valence-electron chi connectivity index (χ3n) is 5.47. The van der Waals surface area contributed by atoms with Gasteiger partial charge in [0.15, 0.2) is 5.76 Å². The molecule has 0 saturated carbocycles. The van der Waals surface area contributed by atoms with E-state index in [1.165, 1.54) is 0 Å². The van der Waals surface area contributed by atoms with Crippen LogP contribution in [-0.4, -0.2) is 22.2 Å². The standard InChI is InChI=1S/C28H24N2O3/c1-3-15-32-23-12-10-20(11-13-23)27-21(18-30(29-27)22-7-5-4-6-8-22)17-26-28(31)24-16-19(2)9-14-25(24)33-26/h4-14,16-18H,3,15H2,1-2H3/b26-17-. The number of nitrogens with zero attached hydrogens (tertiary/aromatic N) is 2. The maximum atomic E-state index is 13.0. The Labute approximate surface area is 192 Å². The topological polar surface area (TPSA) is 53.4 Å². The van der Waals surface area contributed by atoms with Gasteiger partial charge in [-0.25, -0.2) is 4.68 Å². The Morgan fingerprint density at radius 3 is 2.58 bits per heavy atom. The van der Waals surface area contributed by atoms with Gasteiger partial charge in [-0.15, -0.1) is 0 Å². The van der Waals surface area contributed by atoms with E-state index in [0.29, 0.717) is 23.7 Å². The molecule has 1 aliphatic rings. The van der Waals surface area contributed by atoms with Crippen molar-refractivity contribution in [3.63, 3.8) is 0 Å². The number of para-hydroxylation sites is 1. The highest BCUT2D eigenvalue weighted by Crippen LogP contribution is 2.34. The number of carbonyl (C=O) groups excluding carboxylic acids is 1. The smallest absolute Gasteiger partial charge is 0.231 e. The number of rotatable bonds is 6. The number of benzene rings is 3. The zero-order chi connectivity index (χ0) is 22.8. The number of allylic oxidation sites excluding steroid dienone is 1. The minimum Gasteiger partial charge on any atom is -0.494 e. The Morgan fingerprint density at radius 2 is 1.82 bits per heavy atom. The average molecular weight is 437 g/mol. The van der Waals surface area contributed by atoms with Crippen LogP contribution in [0.15, 0.2) is 84.8 Å². The molecule has 0 radical (unpaired) electrons. The lowest BCUT2D eigenvalue weighted by Gasteiger charge is -2.05. The van der Waals surface area contributed by atoms with Gasteiger partial charge in [-0.3, -0.25) is 4.79 Å². The van der Waals surface area contributed by atoms with E-state index in [2.05, 4.69) is 6.92 Å². The molecule has 0 bridgehead atoms. The van der Waals surface area contributed by atoms with Crippen molar-refractivity contribution in [2.24, 2.45) is 0 Å². The Balaban J connectivity index is 1.56. The van der Waals surface area contributed by atoms with Crippen LogP contribution < -0.4 is 9.47 Å². The Kier molecular flexibility index (Phi) is 5.53. The normalized spacial score (nSPS) is 13.8. The molecule has 0 spiro atoms. The number of aryl methyl sites for hydroxylation is 1. The quantitative estimate of drug-likeness (QED) is 0.335. The zero-order valence-corrected chi connectivity index (χ0v) is 18.6. The highest BCUT2D eigenvalue weighted by atomic mass is 16.5. The summed E-state index contributed by atoms with van der Waals surface area (Å²) in [5, 5.41) is 4.84. The van der Waals surface area contributed by atoms with E-state index in [-0.39, 0.29) is 5.78 Å². The van der Waals surface area contributed by atoms with E-state index >= 15 is 0 Å². The molecule has 0 unspecified atom stereocenters. The molecule has 0 saturated heterocycles. The fraction of sp³-hybridized carbons (Fsp3) is 0.143. The Hall–Kier alpha value is -4.12. The average Bonchev–Trinajstić information content (AvgIpc) is 3.40. The molecule has 0 N–H and O–H groups in total. The van der Waals surface area contributed by atoms with Crippen LogP contribution in [-0.2, 0) is 0 Å². The molecule has 0 amide bonds. The Morgan fingerprint density at radius 1 is 1.03 bits per heavy atom. The van der Waals surface area contributed by atoms with Gasteiger partial charge in [-0.1, -0.05) is 36.8 Å². The van der Waals surface area contributed by atoms with E-state index < -0.39 is 0 Å². The predicted octanol–water partition coefficient (Wildman–Crippen LogP) is 6.25. The van der Waals surface area contributed by atoms with Gasteiger partial charge in [0.2, 0.25) is 5.78 Å². The number of aromatic nitrogens is 2. The van der Waals surface area contributed by atoms with Crippen molar-refractivity contribution < 1.29 is 14.3 Å². The molecule has 1 aromatic heterocycles. The molecule has 164 valence electrons. The molecule has 4 aromatic rings. The number of hydrogen-bond donors (Lipinski definition) is 0. The van der Waals surface area contributed by atoms with Crippen LogP contribution in [0.4, 0.5) is 0 Å². The van der Waals surface area contributed by atoms with Gasteiger partial charge in [0.05, 0.1) is 17.9 Å². The van der Waals surface area contributed by atoms with Crippen LogP contribution in [0.2, 0.25) is 0 Å². The summed E-state index contributed by atoms with van der Waals surface area (Å²) in [7, 11) is 0. The third kappa shape index (κ3) is 4.17. The first-order valence-electron chi connectivity index (χ1n) is 11.1. The fourth-order valence-corrected chi connectivity index (χ4v) is 3.80. The van der Waals surface area contributed by atoms with Crippen LogP contribution in [0, 0.1) is 6.92 Å². The summed E-state index contributed by atoms with van der Waals surface area (Å²) in [4.78, 5) is 13.0. The van der Waals surface area contributed by atoms with Gasteiger partial charge in [0.25, 0.3) is 0 Å². The number of ketones is 1. The summed E-state index contributed by atoms with van der Waals surface area (Å²) in [6.07, 6.45) is 4.65. The summed E-state index contributed by atoms with van der Waals surface area (Å²) >= 11 is 0. The largest absolute Gasteiger partial charge is 0.494 e. The number of hydrogen-bond acceptors (Lipinski definition) is 4. The second-order valence-corrected chi connectivity index (χ2v) is 8.03. The molecular formula is C28H24N2O3. The lowest BCUT2D eigenvalue weighted by Crippen LogP contribution is -1.98. The van der Waals surface area contributed by atoms with Gasteiger partial charge >= 0.3 is 0 Å². The minimum absolute atomic E-state index is 0.115. The number of fused-ring (bicyclic) bond motifs is 1. The second-order valence-electron chi connectivity index (χ2n) is 8.03. The summed E-state index contributed by atoms with van der Waals surface area (Å²) < 4.78 is 13.4. The van der Waals surface area contributed by atoms with Crippen molar-refractivity contribution in [3.05, 3.63) is 101 Å². The molecule has 2 heterocycles. The fourth-order valence-electron chi connectivity index (χ4n) is 3.80. The summed E-state index contributed by atoms with van der Waals surface area (Å²) in [5.41, 5.74) is 5.04. The lowest BCUT2D eigenvalue weighted by molar-refractivity contribution is 0.101. The Bertz CT molecular complexity index is 1340. The van der Waals surface area contributed by atoms with Crippen molar-refractivity contribution in [1.29, 1.82) is 0 Å². The molecule has 33 heavy (non-hydrogen) atoms. The monoisotopic (exact) mass is 436 g/mol. The molecule has 1 aliphatic heterocycles. The molecule has 5 rings (SSSR count). The molecule has 5 heteroatoms. The predicted molar refractivity (Wildman–Crippen MR) is 129 cm³/mol. The van der Waals surface area contributed by atoms with E-state index in [0.717, 1.165) is 40.2 Å². The first-order valence-corrected chi connectivity index (χ1v) is 11.1. The van der Waals surface area contributed by atoms with E-state index in [1.54, 1.807) is 6.08 Å². The van der Waals surface area contributed by atoms with Gasteiger partial charge in [-0.2, -0.15) is 5.10 Å². The molecule has 5 nitrogen and oxygen atoms in total. The van der Waals surface area contributed by atoms with Crippen LogP contribution in [0.1, 0.15) is 34.8 Å². The van der Waals surface area contributed by atoms with Crippen molar-refractivity contribution in [1.82, 2.24) is 9.78 Å². The van der Waals surface area contributed by atoms with Gasteiger partial charge < -0.3 is 9.47 Å². The lowest BCUT2D eigenvalue weighted by atomic mass is 10.0. The van der Waals surface area contributed by atoms with Crippen LogP contribution in [0.3, 0.4) is 0 Å². The van der Waals surface area contributed by atoms with Crippen molar-refractivity contribution >= 4 is 11.9 Å². The van der Waals surface area contributed by atoms with Crippen molar-refractivity contribution in [2.75, 3.05) is 6.61 Å². The van der Waals surface area contributed by atoms with Crippen molar-refractivity contribution in [3.8, 4) is 28.4 Å². The first kappa shape index (κ1) is 20.8.